The van der Waals surface area contributed by atoms with Gasteiger partial charge in [-0.2, -0.15) is 13.2 Å². The third-order valence-electron chi connectivity index (χ3n) is 2.74. The predicted molar refractivity (Wildman–Crippen MR) is 67.7 cm³/mol. The molecule has 0 fully saturated rings. The molecule has 0 spiro atoms. The zero-order chi connectivity index (χ0) is 14.6. The lowest BCUT2D eigenvalue weighted by Gasteiger charge is -2.31. The van der Waals surface area contributed by atoms with Crippen molar-refractivity contribution in [1.29, 1.82) is 0 Å². The second-order valence-corrected chi connectivity index (χ2v) is 4.65. The minimum Gasteiger partial charge on any atom is -0.360 e. The zero-order valence-corrected chi connectivity index (χ0v) is 11.0. The Hall–Kier alpha value is -1.30. The summed E-state index contributed by atoms with van der Waals surface area (Å²) in [6, 6.07) is 3.45. The molecule has 0 aliphatic carbocycles. The van der Waals surface area contributed by atoms with Crippen molar-refractivity contribution in [3.05, 3.63) is 29.6 Å². The monoisotopic (exact) mass is 278 g/mol. The van der Waals surface area contributed by atoms with E-state index in [2.05, 4.69) is 0 Å². The van der Waals surface area contributed by atoms with Gasteiger partial charge >= 0.3 is 6.18 Å². The van der Waals surface area contributed by atoms with Crippen LogP contribution < -0.4 is 10.6 Å². The first-order valence-electron chi connectivity index (χ1n) is 6.06. The summed E-state index contributed by atoms with van der Waals surface area (Å²) in [6.07, 6.45) is -3.97. The molecule has 0 bridgehead atoms. The van der Waals surface area contributed by atoms with E-state index in [-0.39, 0.29) is 12.6 Å². The zero-order valence-electron chi connectivity index (χ0n) is 11.0. The molecule has 0 aliphatic heterocycles. The summed E-state index contributed by atoms with van der Waals surface area (Å²) in [7, 11) is 0. The maximum Gasteiger partial charge on any atom is 0.405 e. The average Bonchev–Trinajstić information content (AvgIpc) is 2.25. The van der Waals surface area contributed by atoms with Crippen molar-refractivity contribution < 1.29 is 17.6 Å². The number of hydrogen-bond donors (Lipinski definition) is 1. The minimum atomic E-state index is -4.31. The van der Waals surface area contributed by atoms with Crippen molar-refractivity contribution >= 4 is 5.69 Å². The highest BCUT2D eigenvalue weighted by molar-refractivity contribution is 5.55. The number of rotatable bonds is 5. The predicted octanol–water partition coefficient (Wildman–Crippen LogP) is 3.10. The summed E-state index contributed by atoms with van der Waals surface area (Å²) in [5.41, 5.74) is 6.31. The highest BCUT2D eigenvalue weighted by Gasteiger charge is 2.32. The highest BCUT2D eigenvalue weighted by Crippen LogP contribution is 2.28. The van der Waals surface area contributed by atoms with E-state index < -0.39 is 18.5 Å². The summed E-state index contributed by atoms with van der Waals surface area (Å²) < 4.78 is 51.0. The van der Waals surface area contributed by atoms with Crippen molar-refractivity contribution in [2.45, 2.75) is 32.5 Å². The quantitative estimate of drug-likeness (QED) is 0.839. The summed E-state index contributed by atoms with van der Waals surface area (Å²) in [5, 5.41) is 0. The van der Waals surface area contributed by atoms with Gasteiger partial charge in [0.1, 0.15) is 12.4 Å². The van der Waals surface area contributed by atoms with Crippen LogP contribution in [-0.4, -0.2) is 25.3 Å². The molecule has 1 aromatic carbocycles. The highest BCUT2D eigenvalue weighted by atomic mass is 19.4. The molecule has 0 saturated carbocycles. The smallest absolute Gasteiger partial charge is 0.360 e. The summed E-state index contributed by atoms with van der Waals surface area (Å²) in [5.74, 6) is -0.470. The van der Waals surface area contributed by atoms with Crippen molar-refractivity contribution in [3.8, 4) is 0 Å². The van der Waals surface area contributed by atoms with E-state index in [9.17, 15) is 17.6 Å². The average molecular weight is 278 g/mol. The Morgan fingerprint density at radius 3 is 2.37 bits per heavy atom. The Morgan fingerprint density at radius 1 is 1.26 bits per heavy atom. The van der Waals surface area contributed by atoms with Crippen molar-refractivity contribution in [3.63, 3.8) is 0 Å². The van der Waals surface area contributed by atoms with Gasteiger partial charge in [0, 0.05) is 11.7 Å². The SMILES string of the molecule is CC(C)N(CC(F)(F)F)c1ccc(F)cc1CCN. The number of alkyl halides is 3. The molecule has 0 unspecified atom stereocenters. The van der Waals surface area contributed by atoms with Crippen LogP contribution in [0.5, 0.6) is 0 Å². The fourth-order valence-corrected chi connectivity index (χ4v) is 1.93. The van der Waals surface area contributed by atoms with E-state index in [1.54, 1.807) is 13.8 Å². The van der Waals surface area contributed by atoms with Gasteiger partial charge < -0.3 is 10.6 Å². The van der Waals surface area contributed by atoms with Crippen LogP contribution in [0.3, 0.4) is 0 Å². The number of anilines is 1. The molecule has 19 heavy (non-hydrogen) atoms. The molecule has 2 N–H and O–H groups in total. The standard InChI is InChI=1S/C13H18F4N2/c1-9(2)19(8-13(15,16)17)12-4-3-11(14)7-10(12)5-6-18/h3-4,7,9H,5-6,8,18H2,1-2H3. The molecule has 0 amide bonds. The van der Waals surface area contributed by atoms with Crippen molar-refractivity contribution in [1.82, 2.24) is 0 Å². The first-order chi connectivity index (χ1) is 8.74. The van der Waals surface area contributed by atoms with Gasteiger partial charge in [0.05, 0.1) is 0 Å². The Balaban J connectivity index is 3.14. The number of nitrogens with zero attached hydrogens (tertiary/aromatic N) is 1. The van der Waals surface area contributed by atoms with Crippen LogP contribution in [0, 0.1) is 5.82 Å². The van der Waals surface area contributed by atoms with Crippen LogP contribution in [0.1, 0.15) is 19.4 Å². The molecule has 0 atom stereocenters. The lowest BCUT2D eigenvalue weighted by molar-refractivity contribution is -0.120. The normalized spacial score (nSPS) is 12.0. The van der Waals surface area contributed by atoms with Crippen LogP contribution in [0.4, 0.5) is 23.2 Å². The number of benzene rings is 1. The lowest BCUT2D eigenvalue weighted by atomic mass is 10.1. The van der Waals surface area contributed by atoms with Gasteiger partial charge in [-0.05, 0) is 50.6 Å². The largest absolute Gasteiger partial charge is 0.405 e. The lowest BCUT2D eigenvalue weighted by Crippen LogP contribution is -2.39. The maximum atomic E-state index is 13.2. The van der Waals surface area contributed by atoms with Crippen LogP contribution in [-0.2, 0) is 6.42 Å². The first kappa shape index (κ1) is 15.8. The molecule has 0 saturated heterocycles. The number of halogens is 4. The molecular formula is C13H18F4N2. The summed E-state index contributed by atoms with van der Waals surface area (Å²) in [6.45, 7) is 2.53. The maximum absolute atomic E-state index is 13.2. The van der Waals surface area contributed by atoms with Gasteiger partial charge in [0.25, 0.3) is 0 Å². The Bertz CT molecular complexity index is 416. The molecule has 0 aliphatic rings. The topological polar surface area (TPSA) is 29.3 Å². The van der Waals surface area contributed by atoms with Crippen LogP contribution in [0.15, 0.2) is 18.2 Å². The molecule has 0 radical (unpaired) electrons. The van der Waals surface area contributed by atoms with E-state index >= 15 is 0 Å². The van der Waals surface area contributed by atoms with Gasteiger partial charge in [-0.15, -0.1) is 0 Å². The minimum absolute atomic E-state index is 0.258. The Kier molecular flexibility index (Phi) is 5.17. The Morgan fingerprint density at radius 2 is 1.89 bits per heavy atom. The van der Waals surface area contributed by atoms with Gasteiger partial charge in [0.15, 0.2) is 0 Å². The van der Waals surface area contributed by atoms with Crippen LogP contribution in [0.2, 0.25) is 0 Å². The molecule has 0 heterocycles. The number of hydrogen-bond acceptors (Lipinski definition) is 2. The summed E-state index contributed by atoms with van der Waals surface area (Å²) in [4.78, 5) is 1.21. The molecule has 108 valence electrons. The van der Waals surface area contributed by atoms with Crippen LogP contribution in [0.25, 0.3) is 0 Å². The second kappa shape index (κ2) is 6.23. The van der Waals surface area contributed by atoms with Gasteiger partial charge in [-0.1, -0.05) is 0 Å². The number of nitrogens with two attached hydrogens (primary N) is 1. The van der Waals surface area contributed by atoms with E-state index in [0.29, 0.717) is 17.7 Å². The molecule has 2 nitrogen and oxygen atoms in total. The van der Waals surface area contributed by atoms with E-state index in [0.717, 1.165) is 0 Å². The molecule has 1 aromatic rings. The third kappa shape index (κ3) is 4.70. The van der Waals surface area contributed by atoms with Gasteiger partial charge in [-0.3, -0.25) is 0 Å². The van der Waals surface area contributed by atoms with E-state index in [4.69, 9.17) is 5.73 Å². The van der Waals surface area contributed by atoms with Gasteiger partial charge in [-0.25, -0.2) is 4.39 Å². The molecule has 1 rings (SSSR count). The first-order valence-corrected chi connectivity index (χ1v) is 6.06. The van der Waals surface area contributed by atoms with Crippen LogP contribution >= 0.6 is 0 Å². The van der Waals surface area contributed by atoms with Crippen molar-refractivity contribution in [2.24, 2.45) is 5.73 Å². The molecule has 6 heteroatoms. The molecular weight excluding hydrogens is 260 g/mol. The Labute approximate surface area is 110 Å². The molecule has 0 aromatic heterocycles. The van der Waals surface area contributed by atoms with Gasteiger partial charge in [0.2, 0.25) is 0 Å². The third-order valence-corrected chi connectivity index (χ3v) is 2.74. The van der Waals surface area contributed by atoms with E-state index in [1.807, 2.05) is 0 Å². The van der Waals surface area contributed by atoms with E-state index in [1.165, 1.54) is 23.1 Å². The van der Waals surface area contributed by atoms with Crippen molar-refractivity contribution in [2.75, 3.05) is 18.0 Å². The fourth-order valence-electron chi connectivity index (χ4n) is 1.93. The second-order valence-electron chi connectivity index (χ2n) is 4.65. The summed E-state index contributed by atoms with van der Waals surface area (Å²) >= 11 is 0. The fraction of sp³-hybridized carbons (Fsp3) is 0.538.